The van der Waals surface area contributed by atoms with E-state index in [4.69, 9.17) is 0 Å². The average molecular weight is 282 g/mol. The fourth-order valence-corrected chi connectivity index (χ4v) is 2.60. The summed E-state index contributed by atoms with van der Waals surface area (Å²) in [6.07, 6.45) is 3.64. The van der Waals surface area contributed by atoms with Gasteiger partial charge in [-0.3, -0.25) is 15.3 Å². The Hall–Kier alpha value is -2.56. The smallest absolute Gasteiger partial charge is 0.290 e. The molecule has 1 aliphatic rings. The quantitative estimate of drug-likeness (QED) is 0.733. The van der Waals surface area contributed by atoms with E-state index in [-0.39, 0.29) is 5.91 Å². The molecular weight excluding hydrogens is 264 g/mol. The highest BCUT2D eigenvalue weighted by molar-refractivity contribution is 5.93. The Morgan fingerprint density at radius 2 is 2.05 bits per heavy atom. The maximum absolute atomic E-state index is 12.1. The maximum Gasteiger partial charge on any atom is 0.290 e. The summed E-state index contributed by atoms with van der Waals surface area (Å²) < 4.78 is 0. The Labute approximate surface area is 123 Å². The number of nitrogens with one attached hydrogen (secondary N) is 3. The summed E-state index contributed by atoms with van der Waals surface area (Å²) in [5, 5.41) is 7.03. The first-order chi connectivity index (χ1) is 10.2. The number of rotatable bonds is 5. The van der Waals surface area contributed by atoms with Crippen LogP contribution in [0.5, 0.6) is 0 Å². The maximum atomic E-state index is 12.1. The number of H-pyrrole nitrogens is 1. The molecule has 0 fully saturated rings. The van der Waals surface area contributed by atoms with Crippen LogP contribution in [0, 0.1) is 0 Å². The van der Waals surface area contributed by atoms with E-state index in [0.29, 0.717) is 12.1 Å². The van der Waals surface area contributed by atoms with Crippen molar-refractivity contribution in [3.63, 3.8) is 0 Å². The third-order valence-electron chi connectivity index (χ3n) is 3.63. The molecular formula is C16H18N4O. The first kappa shape index (κ1) is 13.4. The molecule has 1 aromatic heterocycles. The molecule has 0 saturated heterocycles. The molecule has 0 bridgehead atoms. The normalized spacial score (nSPS) is 12.8. The fourth-order valence-electron chi connectivity index (χ4n) is 2.60. The third-order valence-corrected chi connectivity index (χ3v) is 3.63. The van der Waals surface area contributed by atoms with Gasteiger partial charge in [0.05, 0.1) is 0 Å². The number of aromatic amines is 1. The van der Waals surface area contributed by atoms with Crippen molar-refractivity contribution in [1.29, 1.82) is 0 Å². The number of carbonyl (C=O) groups excluding carboxylic acids is 1. The zero-order valence-corrected chi connectivity index (χ0v) is 11.8. The Morgan fingerprint density at radius 1 is 1.24 bits per heavy atom. The summed E-state index contributed by atoms with van der Waals surface area (Å²) in [4.78, 5) is 12.1. The second-order valence-electron chi connectivity index (χ2n) is 5.23. The van der Waals surface area contributed by atoms with Gasteiger partial charge in [-0.2, -0.15) is 5.10 Å². The van der Waals surface area contributed by atoms with Gasteiger partial charge >= 0.3 is 0 Å². The van der Waals surface area contributed by atoms with Gasteiger partial charge in [-0.15, -0.1) is 0 Å². The molecule has 0 radical (unpaired) electrons. The van der Waals surface area contributed by atoms with E-state index in [1.165, 1.54) is 0 Å². The number of nitrogens with zero attached hydrogens (tertiary/aromatic N) is 1. The van der Waals surface area contributed by atoms with Gasteiger partial charge in [0.2, 0.25) is 0 Å². The highest BCUT2D eigenvalue weighted by Crippen LogP contribution is 2.22. The van der Waals surface area contributed by atoms with Crippen LogP contribution in [0.25, 0.3) is 0 Å². The molecule has 108 valence electrons. The Morgan fingerprint density at radius 3 is 2.86 bits per heavy atom. The lowest BCUT2D eigenvalue weighted by Crippen LogP contribution is -2.37. The number of amides is 1. The van der Waals surface area contributed by atoms with E-state index in [2.05, 4.69) is 27.6 Å². The van der Waals surface area contributed by atoms with Gasteiger partial charge in [0.15, 0.2) is 5.69 Å². The van der Waals surface area contributed by atoms with Gasteiger partial charge in [-0.1, -0.05) is 36.9 Å². The van der Waals surface area contributed by atoms with Crippen molar-refractivity contribution in [2.24, 2.45) is 0 Å². The molecule has 21 heavy (non-hydrogen) atoms. The van der Waals surface area contributed by atoms with Crippen LogP contribution in [0.3, 0.4) is 0 Å². The molecule has 5 heteroatoms. The van der Waals surface area contributed by atoms with E-state index in [9.17, 15) is 4.79 Å². The predicted molar refractivity (Wildman–Crippen MR) is 80.5 cm³/mol. The topological polar surface area (TPSA) is 69.8 Å². The minimum Gasteiger partial charge on any atom is -0.303 e. The monoisotopic (exact) mass is 282 g/mol. The van der Waals surface area contributed by atoms with Crippen LogP contribution in [0.4, 0.5) is 0 Å². The lowest BCUT2D eigenvalue weighted by molar-refractivity contribution is 0.0932. The van der Waals surface area contributed by atoms with Crippen LogP contribution in [-0.2, 0) is 19.3 Å². The first-order valence-corrected chi connectivity index (χ1v) is 7.08. The number of hydrogen-bond acceptors (Lipinski definition) is 3. The molecule has 0 saturated carbocycles. The van der Waals surface area contributed by atoms with Gasteiger partial charge < -0.3 is 5.43 Å². The van der Waals surface area contributed by atoms with Crippen LogP contribution >= 0.6 is 0 Å². The zero-order valence-electron chi connectivity index (χ0n) is 11.8. The molecule has 3 N–H and O–H groups in total. The van der Waals surface area contributed by atoms with Crippen LogP contribution in [0.15, 0.2) is 42.6 Å². The Bertz CT molecular complexity index is 660. The molecule has 1 aliphatic carbocycles. The highest BCUT2D eigenvalue weighted by Gasteiger charge is 2.22. The van der Waals surface area contributed by atoms with Crippen molar-refractivity contribution in [2.75, 3.05) is 0 Å². The standard InChI is InChI=1S/C16H18N4O/c1-11(10-12-6-3-2-4-7-12)17-20-16(21)15-13-8-5-9-14(13)18-19-15/h2-4,6-7,17H,1,5,8-10H2,(H,18,19)(H,20,21). The van der Waals surface area contributed by atoms with Crippen molar-refractivity contribution in [2.45, 2.75) is 25.7 Å². The minimum absolute atomic E-state index is 0.219. The largest absolute Gasteiger partial charge is 0.303 e. The molecule has 1 heterocycles. The molecule has 1 amide bonds. The molecule has 0 atom stereocenters. The van der Waals surface area contributed by atoms with E-state index < -0.39 is 0 Å². The van der Waals surface area contributed by atoms with Crippen molar-refractivity contribution in [3.05, 3.63) is 65.1 Å². The minimum atomic E-state index is -0.219. The van der Waals surface area contributed by atoms with Gasteiger partial charge in [-0.05, 0) is 24.8 Å². The fraction of sp³-hybridized carbons (Fsp3) is 0.250. The summed E-state index contributed by atoms with van der Waals surface area (Å²) >= 11 is 0. The highest BCUT2D eigenvalue weighted by atomic mass is 16.2. The van der Waals surface area contributed by atoms with Crippen molar-refractivity contribution in [1.82, 2.24) is 21.0 Å². The number of allylic oxidation sites excluding steroid dienone is 1. The van der Waals surface area contributed by atoms with Crippen molar-refractivity contribution < 1.29 is 4.79 Å². The van der Waals surface area contributed by atoms with Crippen molar-refractivity contribution >= 4 is 5.91 Å². The van der Waals surface area contributed by atoms with Gasteiger partial charge in [-0.25, -0.2) is 0 Å². The number of fused-ring (bicyclic) bond motifs is 1. The SMILES string of the molecule is C=C(Cc1ccccc1)NNC(=O)c1n[nH]c2c1CCC2. The summed E-state index contributed by atoms with van der Waals surface area (Å²) in [5.41, 5.74) is 10.0. The summed E-state index contributed by atoms with van der Waals surface area (Å²) in [5.74, 6) is -0.219. The summed E-state index contributed by atoms with van der Waals surface area (Å²) in [7, 11) is 0. The van der Waals surface area contributed by atoms with Gasteiger partial charge in [0.25, 0.3) is 5.91 Å². The van der Waals surface area contributed by atoms with Crippen LogP contribution < -0.4 is 10.9 Å². The Kier molecular flexibility index (Phi) is 3.73. The number of carbonyl (C=O) groups is 1. The zero-order chi connectivity index (χ0) is 14.7. The molecule has 5 nitrogen and oxygen atoms in total. The van der Waals surface area contributed by atoms with E-state index in [1.807, 2.05) is 30.3 Å². The molecule has 1 aromatic carbocycles. The average Bonchev–Trinajstić information content (AvgIpc) is 3.08. The van der Waals surface area contributed by atoms with Crippen LogP contribution in [0.1, 0.15) is 33.7 Å². The number of hydrazine groups is 1. The van der Waals surface area contributed by atoms with E-state index in [0.717, 1.165) is 41.8 Å². The number of aryl methyl sites for hydroxylation is 1. The van der Waals surface area contributed by atoms with Crippen LogP contribution in [0.2, 0.25) is 0 Å². The van der Waals surface area contributed by atoms with Gasteiger partial charge in [0.1, 0.15) is 0 Å². The summed E-state index contributed by atoms with van der Waals surface area (Å²) in [6.45, 7) is 3.92. The second kappa shape index (κ2) is 5.83. The third kappa shape index (κ3) is 2.97. The lowest BCUT2D eigenvalue weighted by atomic mass is 10.1. The molecule has 0 unspecified atom stereocenters. The second-order valence-corrected chi connectivity index (χ2v) is 5.23. The molecule has 0 spiro atoms. The lowest BCUT2D eigenvalue weighted by Gasteiger charge is -2.10. The molecule has 2 aromatic rings. The van der Waals surface area contributed by atoms with Crippen LogP contribution in [-0.4, -0.2) is 16.1 Å². The summed E-state index contributed by atoms with van der Waals surface area (Å²) in [6, 6.07) is 9.98. The molecule has 0 aliphatic heterocycles. The van der Waals surface area contributed by atoms with Crippen molar-refractivity contribution in [3.8, 4) is 0 Å². The number of hydrogen-bond donors (Lipinski definition) is 3. The first-order valence-electron chi connectivity index (χ1n) is 7.08. The number of aromatic nitrogens is 2. The number of benzene rings is 1. The van der Waals surface area contributed by atoms with Gasteiger partial charge in [0, 0.05) is 23.4 Å². The Balaban J connectivity index is 1.55. The molecule has 3 rings (SSSR count). The predicted octanol–water partition coefficient (Wildman–Crippen LogP) is 1.89. The van der Waals surface area contributed by atoms with E-state index in [1.54, 1.807) is 0 Å². The van der Waals surface area contributed by atoms with E-state index >= 15 is 0 Å².